The molecule has 0 spiro atoms. The predicted octanol–water partition coefficient (Wildman–Crippen LogP) is 7.92. The van der Waals surface area contributed by atoms with Crippen LogP contribution >= 0.6 is 11.6 Å². The van der Waals surface area contributed by atoms with Gasteiger partial charge >= 0.3 is 0 Å². The number of hydrogen-bond acceptors (Lipinski definition) is 5. The zero-order valence-corrected chi connectivity index (χ0v) is 22.7. The van der Waals surface area contributed by atoms with Gasteiger partial charge in [-0.2, -0.15) is 0 Å². The molecule has 7 rings (SSSR count). The van der Waals surface area contributed by atoms with Gasteiger partial charge in [-0.15, -0.1) is 0 Å². The van der Waals surface area contributed by atoms with Gasteiger partial charge in [-0.1, -0.05) is 67.9 Å². The summed E-state index contributed by atoms with van der Waals surface area (Å²) in [7, 11) is 0. The Hall–Kier alpha value is -3.96. The van der Waals surface area contributed by atoms with E-state index in [9.17, 15) is 4.79 Å². The van der Waals surface area contributed by atoms with Crippen LogP contribution in [0.2, 0.25) is 5.02 Å². The van der Waals surface area contributed by atoms with E-state index < -0.39 is 0 Å². The van der Waals surface area contributed by atoms with Crippen LogP contribution in [0.1, 0.15) is 43.4 Å². The van der Waals surface area contributed by atoms with Crippen molar-refractivity contribution in [3.05, 3.63) is 100 Å². The number of Topliss-reactive ketones (excluding diaryl/α,β-unsaturated/α-hetero) is 1. The van der Waals surface area contributed by atoms with Crippen LogP contribution in [0.15, 0.2) is 78.5 Å². The zero-order valence-electron chi connectivity index (χ0n) is 21.9. The van der Waals surface area contributed by atoms with Gasteiger partial charge in [0.25, 0.3) is 0 Å². The standard InChI is InChI=1S/C33H28ClNO4/c1-33(2)15-26-31-21(11-10-20-6-3-4-9-25(20)31)17-35(32(26)28(36)16-33)23-7-5-8-24(13-23)37-18-22-12-29-30(14-27(22)34)39-19-38-29/h3-14H,15-19H2,1-2H3. The average Bonchev–Trinajstić information content (AvgIpc) is 3.37. The first kappa shape index (κ1) is 24.1. The van der Waals surface area contributed by atoms with Gasteiger partial charge in [0, 0.05) is 36.3 Å². The van der Waals surface area contributed by atoms with Crippen molar-refractivity contribution >= 4 is 39.4 Å². The second-order valence-electron chi connectivity index (χ2n) is 11.3. The van der Waals surface area contributed by atoms with Gasteiger partial charge in [-0.05, 0) is 57.5 Å². The van der Waals surface area contributed by atoms with Gasteiger partial charge in [0.2, 0.25) is 6.79 Å². The fourth-order valence-corrected chi connectivity index (χ4v) is 6.29. The summed E-state index contributed by atoms with van der Waals surface area (Å²) in [5, 5.41) is 2.98. The third kappa shape index (κ3) is 4.22. The normalized spacial score (nSPS) is 17.3. The molecule has 2 heterocycles. The lowest BCUT2D eigenvalue weighted by atomic mass is 9.71. The molecule has 196 valence electrons. The third-order valence-corrected chi connectivity index (χ3v) is 8.18. The second-order valence-corrected chi connectivity index (χ2v) is 11.7. The number of carbonyl (C=O) groups excluding carboxylic acids is 1. The molecule has 39 heavy (non-hydrogen) atoms. The van der Waals surface area contributed by atoms with E-state index in [1.54, 1.807) is 6.07 Å². The van der Waals surface area contributed by atoms with Crippen molar-refractivity contribution in [2.75, 3.05) is 11.7 Å². The Morgan fingerprint density at radius 3 is 2.64 bits per heavy atom. The lowest BCUT2D eigenvalue weighted by Crippen LogP contribution is -2.38. The number of allylic oxidation sites excluding steroid dienone is 2. The van der Waals surface area contributed by atoms with Gasteiger partial charge in [0.05, 0.1) is 10.7 Å². The van der Waals surface area contributed by atoms with Crippen LogP contribution in [0.25, 0.3) is 16.3 Å². The molecule has 4 aromatic carbocycles. The molecule has 0 amide bonds. The largest absolute Gasteiger partial charge is 0.489 e. The first-order chi connectivity index (χ1) is 18.9. The number of hydrogen-bond donors (Lipinski definition) is 0. The molecule has 0 aromatic heterocycles. The molecular weight excluding hydrogens is 510 g/mol. The minimum Gasteiger partial charge on any atom is -0.489 e. The molecule has 0 fully saturated rings. The maximum Gasteiger partial charge on any atom is 0.231 e. The van der Waals surface area contributed by atoms with Crippen LogP contribution in [0.5, 0.6) is 17.2 Å². The number of rotatable bonds is 4. The molecule has 0 bridgehead atoms. The van der Waals surface area contributed by atoms with Crippen molar-refractivity contribution in [1.29, 1.82) is 0 Å². The molecule has 3 aliphatic rings. The van der Waals surface area contributed by atoms with E-state index in [0.717, 1.165) is 28.9 Å². The van der Waals surface area contributed by atoms with Crippen LogP contribution in [0, 0.1) is 5.41 Å². The summed E-state index contributed by atoms with van der Waals surface area (Å²) in [6.07, 6.45) is 1.38. The van der Waals surface area contributed by atoms with Crippen molar-refractivity contribution in [3.63, 3.8) is 0 Å². The SMILES string of the molecule is CC1(C)CC(=O)C2=C(C1)c1c(ccc3ccccc13)CN2c1cccc(OCc2cc3c(cc2Cl)OCO3)c1. The van der Waals surface area contributed by atoms with Crippen LogP contribution in [0.3, 0.4) is 0 Å². The minimum atomic E-state index is -0.0953. The molecule has 6 heteroatoms. The van der Waals surface area contributed by atoms with Crippen LogP contribution in [-0.4, -0.2) is 12.6 Å². The summed E-state index contributed by atoms with van der Waals surface area (Å²) in [5.41, 5.74) is 6.08. The molecule has 0 N–H and O–H groups in total. The summed E-state index contributed by atoms with van der Waals surface area (Å²) in [4.78, 5) is 15.9. The molecule has 2 aliphatic heterocycles. The van der Waals surface area contributed by atoms with E-state index in [4.69, 9.17) is 25.8 Å². The Bertz CT molecular complexity index is 1690. The minimum absolute atomic E-state index is 0.0953. The zero-order chi connectivity index (χ0) is 26.7. The molecular formula is C33H28ClNO4. The topological polar surface area (TPSA) is 48.0 Å². The number of benzene rings is 4. The second kappa shape index (κ2) is 9.06. The van der Waals surface area contributed by atoms with E-state index in [1.165, 1.54) is 21.9 Å². The van der Waals surface area contributed by atoms with E-state index in [2.05, 4.69) is 55.1 Å². The lowest BCUT2D eigenvalue weighted by molar-refractivity contribution is -0.117. The summed E-state index contributed by atoms with van der Waals surface area (Å²) in [6.45, 7) is 5.49. The van der Waals surface area contributed by atoms with Crippen molar-refractivity contribution in [3.8, 4) is 17.2 Å². The van der Waals surface area contributed by atoms with Gasteiger partial charge in [0.15, 0.2) is 17.3 Å². The number of nitrogens with zero attached hydrogens (tertiary/aromatic N) is 1. The first-order valence-corrected chi connectivity index (χ1v) is 13.6. The highest BCUT2D eigenvalue weighted by Gasteiger charge is 2.40. The maximum absolute atomic E-state index is 13.7. The van der Waals surface area contributed by atoms with E-state index in [0.29, 0.717) is 35.2 Å². The number of anilines is 1. The van der Waals surface area contributed by atoms with Crippen LogP contribution in [-0.2, 0) is 17.9 Å². The van der Waals surface area contributed by atoms with Gasteiger partial charge in [-0.3, -0.25) is 4.79 Å². The first-order valence-electron chi connectivity index (χ1n) is 13.2. The predicted molar refractivity (Wildman–Crippen MR) is 153 cm³/mol. The van der Waals surface area contributed by atoms with Gasteiger partial charge < -0.3 is 19.1 Å². The highest BCUT2D eigenvalue weighted by atomic mass is 35.5. The summed E-state index contributed by atoms with van der Waals surface area (Å²) in [6, 6.07) is 24.4. The Labute approximate surface area is 232 Å². The summed E-state index contributed by atoms with van der Waals surface area (Å²) >= 11 is 6.46. The smallest absolute Gasteiger partial charge is 0.231 e. The Morgan fingerprint density at radius 1 is 0.949 bits per heavy atom. The Balaban J connectivity index is 1.26. The van der Waals surface area contributed by atoms with E-state index in [1.807, 2.05) is 30.3 Å². The fraction of sp³-hybridized carbons (Fsp3) is 0.242. The third-order valence-electron chi connectivity index (χ3n) is 7.83. The number of carbonyl (C=O) groups is 1. The molecule has 0 atom stereocenters. The maximum atomic E-state index is 13.7. The average molecular weight is 538 g/mol. The van der Waals surface area contributed by atoms with Crippen LogP contribution < -0.4 is 19.1 Å². The Kier molecular flexibility index (Phi) is 5.60. The van der Waals surface area contributed by atoms with E-state index in [-0.39, 0.29) is 24.6 Å². The van der Waals surface area contributed by atoms with Gasteiger partial charge in [0.1, 0.15) is 12.4 Å². The number of fused-ring (bicyclic) bond motifs is 5. The van der Waals surface area contributed by atoms with Gasteiger partial charge in [-0.25, -0.2) is 0 Å². The Morgan fingerprint density at radius 2 is 1.77 bits per heavy atom. The monoisotopic (exact) mass is 537 g/mol. The number of ether oxygens (including phenoxy) is 3. The highest BCUT2D eigenvalue weighted by Crippen LogP contribution is 2.49. The molecule has 4 aromatic rings. The molecule has 0 unspecified atom stereocenters. The molecule has 5 nitrogen and oxygen atoms in total. The molecule has 0 radical (unpaired) electrons. The van der Waals surface area contributed by atoms with Crippen LogP contribution in [0.4, 0.5) is 5.69 Å². The van der Waals surface area contributed by atoms with Crippen molar-refractivity contribution in [2.45, 2.75) is 39.8 Å². The fourth-order valence-electron chi connectivity index (χ4n) is 6.08. The molecule has 0 saturated carbocycles. The molecule has 0 saturated heterocycles. The van der Waals surface area contributed by atoms with Crippen molar-refractivity contribution in [2.24, 2.45) is 5.41 Å². The molecule has 1 aliphatic carbocycles. The van der Waals surface area contributed by atoms with Crippen molar-refractivity contribution < 1.29 is 19.0 Å². The summed E-state index contributed by atoms with van der Waals surface area (Å²) in [5.74, 6) is 2.22. The summed E-state index contributed by atoms with van der Waals surface area (Å²) < 4.78 is 17.1. The van der Waals surface area contributed by atoms with Crippen molar-refractivity contribution in [1.82, 2.24) is 0 Å². The highest BCUT2D eigenvalue weighted by molar-refractivity contribution is 6.31. The number of ketones is 1. The number of halogens is 1. The van der Waals surface area contributed by atoms with E-state index >= 15 is 0 Å². The quantitative estimate of drug-likeness (QED) is 0.264. The lowest BCUT2D eigenvalue weighted by Gasteiger charge is -2.41.